The van der Waals surface area contributed by atoms with Crippen LogP contribution in [0.1, 0.15) is 60.8 Å². The Bertz CT molecular complexity index is 805. The van der Waals surface area contributed by atoms with Crippen molar-refractivity contribution in [1.29, 1.82) is 0 Å². The molecule has 0 unspecified atom stereocenters. The van der Waals surface area contributed by atoms with E-state index in [1.807, 2.05) is 6.92 Å². The highest BCUT2D eigenvalue weighted by molar-refractivity contribution is 6.09. The second kappa shape index (κ2) is 7.77. The van der Waals surface area contributed by atoms with Gasteiger partial charge in [-0.1, -0.05) is 13.3 Å². The van der Waals surface area contributed by atoms with Gasteiger partial charge in [0.1, 0.15) is 12.1 Å². The number of nitrogens with zero attached hydrogens (tertiary/aromatic N) is 1. The molecule has 1 aromatic rings. The topological polar surface area (TPSA) is 109 Å². The summed E-state index contributed by atoms with van der Waals surface area (Å²) in [7, 11) is 0. The van der Waals surface area contributed by atoms with Gasteiger partial charge in [-0.15, -0.1) is 0 Å². The molecule has 3 rings (SSSR count). The van der Waals surface area contributed by atoms with Crippen LogP contribution in [-0.4, -0.2) is 52.3 Å². The Balaban J connectivity index is 1.55. The third kappa shape index (κ3) is 3.81. The molecule has 1 spiro atoms. The summed E-state index contributed by atoms with van der Waals surface area (Å²) in [5, 5.41) is 2.78. The number of ketones is 1. The maximum absolute atomic E-state index is 12.8. The van der Waals surface area contributed by atoms with Crippen LogP contribution in [0.3, 0.4) is 0 Å². The molecule has 1 saturated carbocycles. The van der Waals surface area contributed by atoms with Crippen molar-refractivity contribution in [1.82, 2.24) is 15.2 Å². The van der Waals surface area contributed by atoms with Crippen molar-refractivity contribution in [2.75, 3.05) is 13.2 Å². The Labute approximate surface area is 164 Å². The number of urea groups is 1. The minimum Gasteiger partial charge on any atom is -0.456 e. The zero-order chi connectivity index (χ0) is 20.5. The number of aromatic nitrogens is 1. The number of carbonyl (C=O) groups is 4. The number of esters is 1. The number of amides is 3. The molecule has 2 aliphatic rings. The van der Waals surface area contributed by atoms with E-state index in [0.29, 0.717) is 30.0 Å². The standard InChI is InChI=1S/C20H27N3O5/c1-4-14-5-7-20(8-6-14)18(26)23(19(27)22-20)10-17(25)28-11-16(24)15-9-12(2)21-13(15)3/h9,14,21H,4-8,10-11H2,1-3H3,(H,22,27). The van der Waals surface area contributed by atoms with E-state index >= 15 is 0 Å². The van der Waals surface area contributed by atoms with Gasteiger partial charge in [0, 0.05) is 17.0 Å². The number of imide groups is 1. The first-order valence-electron chi connectivity index (χ1n) is 9.75. The van der Waals surface area contributed by atoms with E-state index < -0.39 is 30.7 Å². The molecule has 2 N–H and O–H groups in total. The van der Waals surface area contributed by atoms with Crippen LogP contribution in [0.15, 0.2) is 6.07 Å². The van der Waals surface area contributed by atoms with Gasteiger partial charge in [-0.2, -0.15) is 0 Å². The number of aromatic amines is 1. The van der Waals surface area contributed by atoms with Crippen molar-refractivity contribution in [2.24, 2.45) is 5.92 Å². The molecule has 2 fully saturated rings. The number of H-pyrrole nitrogens is 1. The van der Waals surface area contributed by atoms with Crippen LogP contribution in [0.5, 0.6) is 0 Å². The molecule has 28 heavy (non-hydrogen) atoms. The van der Waals surface area contributed by atoms with E-state index in [4.69, 9.17) is 4.74 Å². The highest BCUT2D eigenvalue weighted by Gasteiger charge is 2.52. The Hall–Kier alpha value is -2.64. The number of hydrogen-bond donors (Lipinski definition) is 2. The van der Waals surface area contributed by atoms with E-state index in [9.17, 15) is 19.2 Å². The van der Waals surface area contributed by atoms with Gasteiger partial charge in [-0.05, 0) is 51.5 Å². The molecule has 1 aromatic heterocycles. The SMILES string of the molecule is CCC1CCC2(CC1)NC(=O)N(CC(=O)OCC(=O)c1cc(C)[nH]c1C)C2=O. The molecule has 3 amide bonds. The third-order valence-electron chi connectivity index (χ3n) is 5.88. The molecule has 0 aromatic carbocycles. The van der Waals surface area contributed by atoms with E-state index in [0.717, 1.165) is 29.9 Å². The van der Waals surface area contributed by atoms with Crippen LogP contribution < -0.4 is 5.32 Å². The number of Topliss-reactive ketones (excluding diaryl/α,β-unsaturated/α-hetero) is 1. The number of nitrogens with one attached hydrogen (secondary N) is 2. The van der Waals surface area contributed by atoms with E-state index in [1.165, 1.54) is 0 Å². The highest BCUT2D eigenvalue weighted by Crippen LogP contribution is 2.37. The van der Waals surface area contributed by atoms with Crippen molar-refractivity contribution in [3.8, 4) is 0 Å². The summed E-state index contributed by atoms with van der Waals surface area (Å²) in [6.45, 7) is 4.81. The molecule has 152 valence electrons. The molecule has 2 heterocycles. The zero-order valence-corrected chi connectivity index (χ0v) is 16.6. The number of ether oxygens (including phenoxy) is 1. The number of hydrogen-bond acceptors (Lipinski definition) is 5. The smallest absolute Gasteiger partial charge is 0.326 e. The van der Waals surface area contributed by atoms with Crippen LogP contribution in [-0.2, 0) is 14.3 Å². The fourth-order valence-corrected chi connectivity index (χ4v) is 4.15. The Morgan fingerprint density at radius 1 is 1.25 bits per heavy atom. The Morgan fingerprint density at radius 2 is 1.93 bits per heavy atom. The summed E-state index contributed by atoms with van der Waals surface area (Å²) in [5.41, 5.74) is 1.12. The number of carbonyl (C=O) groups excluding carboxylic acids is 4. The normalized spacial score (nSPS) is 24.5. The minimum atomic E-state index is -0.890. The van der Waals surface area contributed by atoms with Crippen LogP contribution in [0.25, 0.3) is 0 Å². The number of rotatable bonds is 6. The Morgan fingerprint density at radius 3 is 2.50 bits per heavy atom. The van der Waals surface area contributed by atoms with Gasteiger partial charge >= 0.3 is 12.0 Å². The fourth-order valence-electron chi connectivity index (χ4n) is 4.15. The van der Waals surface area contributed by atoms with E-state index in [-0.39, 0.29) is 11.7 Å². The molecule has 8 nitrogen and oxygen atoms in total. The Kier molecular flexibility index (Phi) is 5.58. The van der Waals surface area contributed by atoms with Crippen LogP contribution in [0.2, 0.25) is 0 Å². The lowest BCUT2D eigenvalue weighted by molar-refractivity contribution is -0.147. The van der Waals surface area contributed by atoms with E-state index in [2.05, 4.69) is 17.2 Å². The van der Waals surface area contributed by atoms with Crippen LogP contribution in [0, 0.1) is 19.8 Å². The van der Waals surface area contributed by atoms with Gasteiger partial charge in [-0.3, -0.25) is 19.3 Å². The molecular formula is C20H27N3O5. The molecule has 0 atom stereocenters. The summed E-state index contributed by atoms with van der Waals surface area (Å²) in [5.74, 6) is -0.906. The maximum atomic E-state index is 12.8. The second-order valence-corrected chi connectivity index (χ2v) is 7.83. The molecule has 1 saturated heterocycles. The first kappa shape index (κ1) is 20.1. The lowest BCUT2D eigenvalue weighted by atomic mass is 9.75. The summed E-state index contributed by atoms with van der Waals surface area (Å²) in [4.78, 5) is 53.3. The predicted molar refractivity (Wildman–Crippen MR) is 101 cm³/mol. The first-order valence-corrected chi connectivity index (χ1v) is 9.75. The van der Waals surface area contributed by atoms with Crippen molar-refractivity contribution < 1.29 is 23.9 Å². The maximum Gasteiger partial charge on any atom is 0.326 e. The molecular weight excluding hydrogens is 362 g/mol. The number of aryl methyl sites for hydroxylation is 2. The highest BCUT2D eigenvalue weighted by atomic mass is 16.5. The third-order valence-corrected chi connectivity index (χ3v) is 5.88. The van der Waals surface area contributed by atoms with Crippen molar-refractivity contribution in [3.05, 3.63) is 23.0 Å². The summed E-state index contributed by atoms with van der Waals surface area (Å²) >= 11 is 0. The van der Waals surface area contributed by atoms with Gasteiger partial charge in [-0.25, -0.2) is 4.79 Å². The van der Waals surface area contributed by atoms with Gasteiger partial charge in [0.15, 0.2) is 6.61 Å². The molecule has 0 radical (unpaired) electrons. The molecule has 8 heteroatoms. The summed E-state index contributed by atoms with van der Waals surface area (Å²) < 4.78 is 5.02. The monoisotopic (exact) mass is 389 g/mol. The van der Waals surface area contributed by atoms with Crippen molar-refractivity contribution in [2.45, 2.75) is 58.4 Å². The van der Waals surface area contributed by atoms with Crippen molar-refractivity contribution in [3.63, 3.8) is 0 Å². The first-order chi connectivity index (χ1) is 13.3. The lowest BCUT2D eigenvalue weighted by Crippen LogP contribution is -2.49. The van der Waals surface area contributed by atoms with Crippen LogP contribution in [0.4, 0.5) is 4.79 Å². The average Bonchev–Trinajstić information content (AvgIpc) is 3.11. The van der Waals surface area contributed by atoms with E-state index in [1.54, 1.807) is 13.0 Å². The lowest BCUT2D eigenvalue weighted by Gasteiger charge is -2.34. The van der Waals surface area contributed by atoms with Crippen LogP contribution >= 0.6 is 0 Å². The van der Waals surface area contributed by atoms with Gasteiger partial charge in [0.2, 0.25) is 5.78 Å². The second-order valence-electron chi connectivity index (χ2n) is 7.83. The van der Waals surface area contributed by atoms with Gasteiger partial charge < -0.3 is 15.0 Å². The predicted octanol–water partition coefficient (Wildman–Crippen LogP) is 2.25. The zero-order valence-electron chi connectivity index (χ0n) is 16.6. The van der Waals surface area contributed by atoms with Gasteiger partial charge in [0.25, 0.3) is 5.91 Å². The fraction of sp³-hybridized carbons (Fsp3) is 0.600. The largest absolute Gasteiger partial charge is 0.456 e. The summed E-state index contributed by atoms with van der Waals surface area (Å²) in [6.07, 6.45) is 4.00. The minimum absolute atomic E-state index is 0.332. The quantitative estimate of drug-likeness (QED) is 0.441. The molecule has 1 aliphatic carbocycles. The molecule has 1 aliphatic heterocycles. The molecule has 0 bridgehead atoms. The van der Waals surface area contributed by atoms with Crippen molar-refractivity contribution >= 4 is 23.7 Å². The van der Waals surface area contributed by atoms with Gasteiger partial charge in [0.05, 0.1) is 0 Å². The summed E-state index contributed by atoms with van der Waals surface area (Å²) in [6, 6.07) is 1.12. The average molecular weight is 389 g/mol.